The van der Waals surface area contributed by atoms with E-state index < -0.39 is 11.7 Å². The van der Waals surface area contributed by atoms with Crippen LogP contribution in [0, 0.1) is 6.92 Å². The van der Waals surface area contributed by atoms with E-state index in [-0.39, 0.29) is 0 Å². The third-order valence-electron chi connectivity index (χ3n) is 3.33. The van der Waals surface area contributed by atoms with E-state index in [9.17, 15) is 13.2 Å². The Morgan fingerprint density at radius 3 is 2.61 bits per heavy atom. The molecule has 1 aromatic carbocycles. The monoisotopic (exact) mass is 318 g/mol. The van der Waals surface area contributed by atoms with Gasteiger partial charge in [0.2, 0.25) is 0 Å². The molecule has 23 heavy (non-hydrogen) atoms. The molecule has 0 atom stereocenters. The summed E-state index contributed by atoms with van der Waals surface area (Å²) < 4.78 is 40.3. The molecule has 0 radical (unpaired) electrons. The van der Waals surface area contributed by atoms with E-state index in [2.05, 4.69) is 15.0 Å². The van der Waals surface area contributed by atoms with Crippen LogP contribution in [-0.4, -0.2) is 19.5 Å². The highest BCUT2D eigenvalue weighted by Gasteiger charge is 2.30. The zero-order valence-electron chi connectivity index (χ0n) is 12.2. The van der Waals surface area contributed by atoms with Gasteiger partial charge in [-0.2, -0.15) is 13.2 Å². The number of benzene rings is 1. The van der Waals surface area contributed by atoms with E-state index in [1.807, 2.05) is 6.92 Å². The third-order valence-corrected chi connectivity index (χ3v) is 3.33. The summed E-state index contributed by atoms with van der Waals surface area (Å²) in [6, 6.07) is 5.12. The molecular formula is C16H13F3N4. The lowest BCUT2D eigenvalue weighted by Gasteiger charge is -2.10. The number of hydrogen-bond acceptors (Lipinski definition) is 3. The molecule has 2 aromatic heterocycles. The van der Waals surface area contributed by atoms with E-state index in [0.717, 1.165) is 17.8 Å². The highest BCUT2D eigenvalue weighted by molar-refractivity contribution is 5.57. The molecule has 0 aliphatic heterocycles. The van der Waals surface area contributed by atoms with E-state index in [1.165, 1.54) is 6.07 Å². The molecule has 0 spiro atoms. The summed E-state index contributed by atoms with van der Waals surface area (Å²) in [5, 5.41) is 0. The van der Waals surface area contributed by atoms with E-state index in [4.69, 9.17) is 0 Å². The Bertz CT molecular complexity index is 807. The predicted octanol–water partition coefficient (Wildman–Crippen LogP) is 3.72. The SMILES string of the molecule is Cc1cnc(Cn2ccnc2-c2cccc(C(F)(F)F)c2)cn1. The second-order valence-corrected chi connectivity index (χ2v) is 5.11. The number of aromatic nitrogens is 4. The van der Waals surface area contributed by atoms with Crippen molar-refractivity contribution in [2.45, 2.75) is 19.6 Å². The van der Waals surface area contributed by atoms with Gasteiger partial charge in [-0.15, -0.1) is 0 Å². The van der Waals surface area contributed by atoms with Crippen LogP contribution in [0.2, 0.25) is 0 Å². The van der Waals surface area contributed by atoms with Crippen molar-refractivity contribution in [1.82, 2.24) is 19.5 Å². The topological polar surface area (TPSA) is 43.6 Å². The maximum Gasteiger partial charge on any atom is 0.416 e. The minimum absolute atomic E-state index is 0.388. The Balaban J connectivity index is 1.93. The van der Waals surface area contributed by atoms with Gasteiger partial charge in [-0.1, -0.05) is 12.1 Å². The molecule has 0 bridgehead atoms. The number of aryl methyl sites for hydroxylation is 1. The molecule has 7 heteroatoms. The number of hydrogen-bond donors (Lipinski definition) is 0. The summed E-state index contributed by atoms with van der Waals surface area (Å²) in [6.07, 6.45) is 2.17. The van der Waals surface area contributed by atoms with Crippen molar-refractivity contribution >= 4 is 0 Å². The first-order valence-corrected chi connectivity index (χ1v) is 6.90. The minimum atomic E-state index is -4.38. The van der Waals surface area contributed by atoms with Gasteiger partial charge >= 0.3 is 6.18 Å². The fourth-order valence-corrected chi connectivity index (χ4v) is 2.21. The number of imidazole rings is 1. The zero-order chi connectivity index (χ0) is 16.4. The van der Waals surface area contributed by atoms with Crippen LogP contribution < -0.4 is 0 Å². The Labute approximate surface area is 130 Å². The number of rotatable bonds is 3. The first-order chi connectivity index (χ1) is 10.9. The van der Waals surface area contributed by atoms with Crippen molar-refractivity contribution in [3.05, 3.63) is 66.0 Å². The fourth-order valence-electron chi connectivity index (χ4n) is 2.21. The second kappa shape index (κ2) is 5.83. The van der Waals surface area contributed by atoms with Gasteiger partial charge in [-0.25, -0.2) is 4.98 Å². The molecule has 0 fully saturated rings. The smallest absolute Gasteiger partial charge is 0.325 e. The fraction of sp³-hybridized carbons (Fsp3) is 0.188. The quantitative estimate of drug-likeness (QED) is 0.739. The molecule has 0 N–H and O–H groups in total. The molecule has 0 saturated heterocycles. The van der Waals surface area contributed by atoms with Gasteiger partial charge in [-0.3, -0.25) is 9.97 Å². The Hall–Kier alpha value is -2.70. The number of nitrogens with zero attached hydrogens (tertiary/aromatic N) is 4. The van der Waals surface area contributed by atoms with Gasteiger partial charge in [0, 0.05) is 24.2 Å². The van der Waals surface area contributed by atoms with Gasteiger partial charge in [0.15, 0.2) is 0 Å². The van der Waals surface area contributed by atoms with Crippen LogP contribution >= 0.6 is 0 Å². The Morgan fingerprint density at radius 2 is 1.91 bits per heavy atom. The second-order valence-electron chi connectivity index (χ2n) is 5.11. The van der Waals surface area contributed by atoms with E-state index >= 15 is 0 Å². The van der Waals surface area contributed by atoms with Crippen LogP contribution in [0.25, 0.3) is 11.4 Å². The summed E-state index contributed by atoms with van der Waals surface area (Å²) in [4.78, 5) is 12.6. The van der Waals surface area contributed by atoms with Crippen molar-refractivity contribution in [3.63, 3.8) is 0 Å². The predicted molar refractivity (Wildman–Crippen MR) is 78.5 cm³/mol. The summed E-state index contributed by atoms with van der Waals surface area (Å²) in [6.45, 7) is 2.22. The van der Waals surface area contributed by atoms with Gasteiger partial charge in [0.05, 0.1) is 29.7 Å². The standard InChI is InChI=1S/C16H13F3N4/c1-11-8-22-14(9-21-11)10-23-6-5-20-15(23)12-3-2-4-13(7-12)16(17,18)19/h2-9H,10H2,1H3. The lowest BCUT2D eigenvalue weighted by molar-refractivity contribution is -0.137. The molecular weight excluding hydrogens is 305 g/mol. The lowest BCUT2D eigenvalue weighted by Crippen LogP contribution is -2.06. The maximum absolute atomic E-state index is 12.8. The van der Waals surface area contributed by atoms with Crippen LogP contribution in [0.1, 0.15) is 17.0 Å². The zero-order valence-corrected chi connectivity index (χ0v) is 12.2. The molecule has 2 heterocycles. The number of halogens is 3. The minimum Gasteiger partial charge on any atom is -0.325 e. The average Bonchev–Trinajstić information content (AvgIpc) is 2.97. The molecule has 118 valence electrons. The van der Waals surface area contributed by atoms with Crippen LogP contribution in [0.15, 0.2) is 49.1 Å². The number of alkyl halides is 3. The maximum atomic E-state index is 12.8. The molecule has 0 aliphatic rings. The highest BCUT2D eigenvalue weighted by atomic mass is 19.4. The molecule has 0 aliphatic carbocycles. The summed E-state index contributed by atoms with van der Waals surface area (Å²) in [7, 11) is 0. The van der Waals surface area contributed by atoms with Crippen LogP contribution in [0.4, 0.5) is 13.2 Å². The lowest BCUT2D eigenvalue weighted by atomic mass is 10.1. The van der Waals surface area contributed by atoms with Crippen molar-refractivity contribution in [3.8, 4) is 11.4 Å². The van der Waals surface area contributed by atoms with E-state index in [1.54, 1.807) is 35.4 Å². The van der Waals surface area contributed by atoms with Crippen molar-refractivity contribution in [1.29, 1.82) is 0 Å². The molecule has 0 amide bonds. The van der Waals surface area contributed by atoms with Crippen molar-refractivity contribution in [2.24, 2.45) is 0 Å². The van der Waals surface area contributed by atoms with Gasteiger partial charge in [-0.05, 0) is 19.1 Å². The van der Waals surface area contributed by atoms with Crippen LogP contribution in [0.3, 0.4) is 0 Å². The first kappa shape index (κ1) is 15.2. The molecule has 4 nitrogen and oxygen atoms in total. The van der Waals surface area contributed by atoms with Gasteiger partial charge < -0.3 is 4.57 Å². The third kappa shape index (κ3) is 3.39. The summed E-state index contributed by atoms with van der Waals surface area (Å²) in [5.74, 6) is 0.457. The van der Waals surface area contributed by atoms with E-state index in [0.29, 0.717) is 23.6 Å². The molecule has 3 aromatic rings. The Kier molecular flexibility index (Phi) is 3.85. The van der Waals surface area contributed by atoms with Crippen LogP contribution in [0.5, 0.6) is 0 Å². The molecule has 3 rings (SSSR count). The van der Waals surface area contributed by atoms with Crippen molar-refractivity contribution < 1.29 is 13.2 Å². The highest BCUT2D eigenvalue weighted by Crippen LogP contribution is 2.31. The largest absolute Gasteiger partial charge is 0.416 e. The molecule has 0 saturated carbocycles. The van der Waals surface area contributed by atoms with Gasteiger partial charge in [0.1, 0.15) is 5.82 Å². The Morgan fingerprint density at radius 1 is 1.09 bits per heavy atom. The van der Waals surface area contributed by atoms with Crippen molar-refractivity contribution in [2.75, 3.05) is 0 Å². The van der Waals surface area contributed by atoms with Gasteiger partial charge in [0.25, 0.3) is 0 Å². The first-order valence-electron chi connectivity index (χ1n) is 6.90. The summed E-state index contributed by atoms with van der Waals surface area (Å²) in [5.41, 5.74) is 1.23. The normalized spacial score (nSPS) is 11.7. The average molecular weight is 318 g/mol. The molecule has 0 unspecified atom stereocenters. The van der Waals surface area contributed by atoms with Crippen LogP contribution in [-0.2, 0) is 12.7 Å². The summed E-state index contributed by atoms with van der Waals surface area (Å²) >= 11 is 0.